The van der Waals surface area contributed by atoms with E-state index in [-0.39, 0.29) is 5.54 Å². The number of nitrogens with two attached hydrogens (primary N) is 1. The summed E-state index contributed by atoms with van der Waals surface area (Å²) in [4.78, 5) is 0. The van der Waals surface area contributed by atoms with Crippen LogP contribution in [0.2, 0.25) is 0 Å². The smallest absolute Gasteiger partial charge is 0.0324 e. The highest BCUT2D eigenvalue weighted by atomic mass is 14.9. The van der Waals surface area contributed by atoms with E-state index in [1.54, 1.807) is 0 Å². The largest absolute Gasteiger partial charge is 0.326 e. The van der Waals surface area contributed by atoms with Crippen molar-refractivity contribution in [2.24, 2.45) is 5.73 Å². The number of nitrogens with one attached hydrogen (secondary N) is 1. The second-order valence-corrected chi connectivity index (χ2v) is 5.94. The molecule has 0 heterocycles. The second-order valence-electron chi connectivity index (χ2n) is 5.94. The molecule has 2 aromatic carbocycles. The molecule has 19 heavy (non-hydrogen) atoms. The van der Waals surface area contributed by atoms with Crippen LogP contribution in [0.3, 0.4) is 0 Å². The van der Waals surface area contributed by atoms with Crippen LogP contribution in [-0.2, 0) is 0 Å². The summed E-state index contributed by atoms with van der Waals surface area (Å²) in [5.41, 5.74) is 7.36. The lowest BCUT2D eigenvalue weighted by atomic mass is 9.91. The molecule has 1 atom stereocenters. The van der Waals surface area contributed by atoms with E-state index in [9.17, 15) is 0 Å². The van der Waals surface area contributed by atoms with E-state index in [4.69, 9.17) is 5.73 Å². The molecule has 2 rings (SSSR count). The van der Waals surface area contributed by atoms with Crippen molar-refractivity contribution in [2.45, 2.75) is 38.3 Å². The summed E-state index contributed by atoms with van der Waals surface area (Å²) in [6.07, 6.45) is 2.05. The molecule has 3 N–H and O–H groups in total. The Bertz CT molecular complexity index is 535. The van der Waals surface area contributed by atoms with Crippen LogP contribution in [0.5, 0.6) is 0 Å². The average molecular weight is 256 g/mol. The quantitative estimate of drug-likeness (QED) is 0.857. The minimum Gasteiger partial charge on any atom is -0.326 e. The number of fused-ring (bicyclic) bond motifs is 1. The van der Waals surface area contributed by atoms with Crippen LogP contribution in [0.15, 0.2) is 42.5 Å². The van der Waals surface area contributed by atoms with Gasteiger partial charge >= 0.3 is 0 Å². The Labute approximate surface area is 116 Å². The van der Waals surface area contributed by atoms with E-state index in [2.05, 4.69) is 61.6 Å². The van der Waals surface area contributed by atoms with Crippen LogP contribution in [0.4, 0.5) is 0 Å². The molecule has 1 unspecified atom stereocenters. The fourth-order valence-electron chi connectivity index (χ4n) is 2.53. The first-order valence-corrected chi connectivity index (χ1v) is 6.95. The maximum Gasteiger partial charge on any atom is 0.0324 e. The Balaban J connectivity index is 2.30. The van der Waals surface area contributed by atoms with Gasteiger partial charge in [0.1, 0.15) is 0 Å². The number of benzene rings is 2. The van der Waals surface area contributed by atoms with Gasteiger partial charge in [0.25, 0.3) is 0 Å². The summed E-state index contributed by atoms with van der Waals surface area (Å²) >= 11 is 0. The summed E-state index contributed by atoms with van der Waals surface area (Å²) in [5, 5.41) is 6.06. The highest BCUT2D eigenvalue weighted by Gasteiger charge is 2.17. The molecule has 0 bridgehead atoms. The predicted octanol–water partition coefficient (Wildman–Crippen LogP) is 3.62. The van der Waals surface area contributed by atoms with Crippen molar-refractivity contribution in [3.05, 3.63) is 48.0 Å². The first-order chi connectivity index (χ1) is 9.01. The third kappa shape index (κ3) is 3.55. The summed E-state index contributed by atoms with van der Waals surface area (Å²) in [7, 11) is 2.02. The second kappa shape index (κ2) is 5.72. The van der Waals surface area contributed by atoms with E-state index < -0.39 is 0 Å². The number of hydrogen-bond acceptors (Lipinski definition) is 2. The molecule has 0 aliphatic carbocycles. The van der Waals surface area contributed by atoms with Gasteiger partial charge in [0.2, 0.25) is 0 Å². The van der Waals surface area contributed by atoms with E-state index in [1.165, 1.54) is 16.3 Å². The number of hydrogen-bond donors (Lipinski definition) is 2. The molecule has 0 radical (unpaired) electrons. The zero-order valence-corrected chi connectivity index (χ0v) is 12.1. The van der Waals surface area contributed by atoms with E-state index in [0.29, 0.717) is 6.04 Å². The minimum atomic E-state index is -0.111. The normalized spacial score (nSPS) is 13.7. The van der Waals surface area contributed by atoms with Crippen molar-refractivity contribution >= 4 is 10.8 Å². The van der Waals surface area contributed by atoms with Gasteiger partial charge < -0.3 is 11.1 Å². The Morgan fingerprint density at radius 2 is 1.79 bits per heavy atom. The molecule has 2 aromatic rings. The van der Waals surface area contributed by atoms with Crippen molar-refractivity contribution in [1.82, 2.24) is 5.32 Å². The van der Waals surface area contributed by atoms with Crippen LogP contribution in [-0.4, -0.2) is 12.6 Å². The molecule has 0 aliphatic heterocycles. The van der Waals surface area contributed by atoms with Crippen LogP contribution in [0, 0.1) is 0 Å². The van der Waals surface area contributed by atoms with Gasteiger partial charge in [-0.1, -0.05) is 42.5 Å². The molecular weight excluding hydrogens is 232 g/mol. The van der Waals surface area contributed by atoms with Gasteiger partial charge in [-0.3, -0.25) is 0 Å². The molecule has 0 aromatic heterocycles. The monoisotopic (exact) mass is 256 g/mol. The molecule has 0 saturated carbocycles. The summed E-state index contributed by atoms with van der Waals surface area (Å²) in [6, 6.07) is 15.4. The van der Waals surface area contributed by atoms with Crippen molar-refractivity contribution < 1.29 is 0 Å². The van der Waals surface area contributed by atoms with E-state index in [1.807, 2.05) is 7.05 Å². The Kier molecular flexibility index (Phi) is 4.23. The zero-order chi connectivity index (χ0) is 13.9. The summed E-state index contributed by atoms with van der Waals surface area (Å²) in [5.74, 6) is 0. The lowest BCUT2D eigenvalue weighted by Crippen LogP contribution is -2.33. The topological polar surface area (TPSA) is 38.0 Å². The van der Waals surface area contributed by atoms with Gasteiger partial charge in [-0.15, -0.1) is 0 Å². The van der Waals surface area contributed by atoms with Crippen LogP contribution < -0.4 is 11.1 Å². The van der Waals surface area contributed by atoms with Gasteiger partial charge in [0.05, 0.1) is 0 Å². The fraction of sp³-hybridized carbons (Fsp3) is 0.412. The summed E-state index contributed by atoms with van der Waals surface area (Å²) in [6.45, 7) is 4.17. The van der Waals surface area contributed by atoms with E-state index >= 15 is 0 Å². The van der Waals surface area contributed by atoms with Crippen LogP contribution >= 0.6 is 0 Å². The SMILES string of the molecule is CNC(CCC(C)(C)N)c1cccc2ccccc12. The van der Waals surface area contributed by atoms with Crippen LogP contribution in [0.1, 0.15) is 38.3 Å². The standard InChI is InChI=1S/C17H24N2/c1-17(2,18)12-11-16(19-3)15-10-6-8-13-7-4-5-9-14(13)15/h4-10,16,19H,11-12,18H2,1-3H3. The Morgan fingerprint density at radius 3 is 2.47 bits per heavy atom. The molecule has 2 heteroatoms. The third-order valence-electron chi connectivity index (χ3n) is 3.62. The fourth-order valence-corrected chi connectivity index (χ4v) is 2.53. The van der Waals surface area contributed by atoms with Crippen molar-refractivity contribution in [1.29, 1.82) is 0 Å². The zero-order valence-electron chi connectivity index (χ0n) is 12.1. The predicted molar refractivity (Wildman–Crippen MR) is 83.2 cm³/mol. The van der Waals surface area contributed by atoms with Crippen molar-refractivity contribution in [2.75, 3.05) is 7.05 Å². The molecule has 0 fully saturated rings. The molecular formula is C17H24N2. The van der Waals surface area contributed by atoms with Gasteiger partial charge in [0, 0.05) is 11.6 Å². The molecule has 0 amide bonds. The third-order valence-corrected chi connectivity index (χ3v) is 3.62. The maximum absolute atomic E-state index is 6.10. The molecule has 0 aliphatic rings. The Morgan fingerprint density at radius 1 is 1.11 bits per heavy atom. The molecule has 0 saturated heterocycles. The molecule has 102 valence electrons. The average Bonchev–Trinajstić information content (AvgIpc) is 2.38. The highest BCUT2D eigenvalue weighted by molar-refractivity contribution is 5.86. The van der Waals surface area contributed by atoms with E-state index in [0.717, 1.165) is 12.8 Å². The maximum atomic E-state index is 6.10. The van der Waals surface area contributed by atoms with Crippen molar-refractivity contribution in [3.8, 4) is 0 Å². The van der Waals surface area contributed by atoms with Gasteiger partial charge in [-0.05, 0) is 50.1 Å². The summed E-state index contributed by atoms with van der Waals surface area (Å²) < 4.78 is 0. The van der Waals surface area contributed by atoms with Crippen LogP contribution in [0.25, 0.3) is 10.8 Å². The lowest BCUT2D eigenvalue weighted by Gasteiger charge is -2.24. The number of rotatable bonds is 5. The highest BCUT2D eigenvalue weighted by Crippen LogP contribution is 2.28. The molecule has 0 spiro atoms. The molecule has 2 nitrogen and oxygen atoms in total. The van der Waals surface area contributed by atoms with Gasteiger partial charge in [-0.2, -0.15) is 0 Å². The first-order valence-electron chi connectivity index (χ1n) is 6.95. The minimum absolute atomic E-state index is 0.111. The lowest BCUT2D eigenvalue weighted by molar-refractivity contribution is 0.412. The first kappa shape index (κ1) is 14.0. The van der Waals surface area contributed by atoms with Crippen molar-refractivity contribution in [3.63, 3.8) is 0 Å². The van der Waals surface area contributed by atoms with Gasteiger partial charge in [0.15, 0.2) is 0 Å². The van der Waals surface area contributed by atoms with Gasteiger partial charge in [-0.25, -0.2) is 0 Å². The Hall–Kier alpha value is -1.38.